The summed E-state index contributed by atoms with van der Waals surface area (Å²) in [6, 6.07) is 4.13. The number of aliphatic hydroxyl groups excluding tert-OH is 3. The van der Waals surface area contributed by atoms with Crippen molar-refractivity contribution < 1.29 is 20.1 Å². The highest BCUT2D eigenvalue weighted by Gasteiger charge is 2.61. The maximum Gasteiger partial charge on any atom is 0.180 e. The molecule has 30 heavy (non-hydrogen) atoms. The normalized spacial score (nSPS) is 34.6. The molecule has 2 aliphatic rings. The number of fused-ring (bicyclic) bond motifs is 1. The van der Waals surface area contributed by atoms with Crippen molar-refractivity contribution in [2.24, 2.45) is 5.92 Å². The van der Waals surface area contributed by atoms with Gasteiger partial charge < -0.3 is 25.8 Å². The van der Waals surface area contributed by atoms with Crippen LogP contribution in [0, 0.1) is 5.92 Å². The SMILES string of the molecule is Nc1ncnc2c1ncn2[C@]1([C@H]2CCCC[C@@H]2c2cccs2)O[C@H](CO)[C@@H](O)[C@H]1O. The molecule has 0 amide bonds. The Morgan fingerprint density at radius 2 is 2.07 bits per heavy atom. The van der Waals surface area contributed by atoms with E-state index >= 15 is 0 Å². The molecule has 4 heterocycles. The summed E-state index contributed by atoms with van der Waals surface area (Å²) in [5.41, 5.74) is 5.50. The summed E-state index contributed by atoms with van der Waals surface area (Å²) in [5.74, 6) is 0.216. The molecule has 1 saturated heterocycles. The Bertz CT molecular complexity index is 1030. The average molecular weight is 432 g/mol. The first-order chi connectivity index (χ1) is 14.6. The Morgan fingerprint density at radius 1 is 1.23 bits per heavy atom. The van der Waals surface area contributed by atoms with Gasteiger partial charge in [0.15, 0.2) is 17.2 Å². The minimum Gasteiger partial charge on any atom is -0.394 e. The number of hydrogen-bond donors (Lipinski definition) is 4. The van der Waals surface area contributed by atoms with Crippen LogP contribution in [0.1, 0.15) is 36.5 Å². The zero-order chi connectivity index (χ0) is 20.9. The number of anilines is 1. The average Bonchev–Trinajstić information content (AvgIpc) is 3.49. The van der Waals surface area contributed by atoms with Gasteiger partial charge in [0.25, 0.3) is 0 Å². The van der Waals surface area contributed by atoms with Crippen molar-refractivity contribution in [3.8, 4) is 0 Å². The minimum atomic E-state index is -1.34. The molecule has 160 valence electrons. The van der Waals surface area contributed by atoms with Crippen LogP contribution in [0.5, 0.6) is 0 Å². The van der Waals surface area contributed by atoms with Gasteiger partial charge in [0.2, 0.25) is 0 Å². The molecule has 10 heteroatoms. The lowest BCUT2D eigenvalue weighted by Gasteiger charge is -2.46. The van der Waals surface area contributed by atoms with Crippen LogP contribution in [0.15, 0.2) is 30.2 Å². The van der Waals surface area contributed by atoms with E-state index < -0.39 is 30.6 Å². The summed E-state index contributed by atoms with van der Waals surface area (Å²) in [6.07, 6.45) is 3.28. The van der Waals surface area contributed by atoms with Crippen molar-refractivity contribution in [1.82, 2.24) is 19.5 Å². The van der Waals surface area contributed by atoms with Crippen molar-refractivity contribution in [2.45, 2.75) is 55.6 Å². The number of hydrogen-bond acceptors (Lipinski definition) is 9. The highest BCUT2D eigenvalue weighted by molar-refractivity contribution is 7.10. The molecule has 0 unspecified atom stereocenters. The van der Waals surface area contributed by atoms with Gasteiger partial charge in [0, 0.05) is 16.7 Å². The summed E-state index contributed by atoms with van der Waals surface area (Å²) >= 11 is 1.68. The Hall–Kier alpha value is -2.11. The Kier molecular flexibility index (Phi) is 4.98. The molecule has 9 nitrogen and oxygen atoms in total. The second-order valence-electron chi connectivity index (χ2n) is 8.08. The standard InChI is InChI=1S/C20H25N5O4S/c21-18-15-19(23-9-22-18)25(10-24-15)20(17(28)16(27)13(8-26)29-20)12-5-2-1-4-11(12)14-6-3-7-30-14/h3,6-7,9-13,16-17,26-28H,1-2,4-5,8H2,(H2,21,22,23)/t11-,12-,13+,16+,17+,20+/m0/s1. The molecule has 6 atom stereocenters. The summed E-state index contributed by atoms with van der Waals surface area (Å²) < 4.78 is 8.05. The molecule has 1 saturated carbocycles. The number of aliphatic hydroxyl groups is 3. The van der Waals surface area contributed by atoms with Crippen LogP contribution in [-0.4, -0.2) is 59.8 Å². The van der Waals surface area contributed by atoms with E-state index in [0.717, 1.165) is 25.7 Å². The maximum atomic E-state index is 11.4. The molecular formula is C20H25N5O4S. The molecule has 1 aliphatic carbocycles. The predicted molar refractivity (Wildman–Crippen MR) is 111 cm³/mol. The highest BCUT2D eigenvalue weighted by Crippen LogP contribution is 2.53. The van der Waals surface area contributed by atoms with Crippen molar-refractivity contribution in [2.75, 3.05) is 12.3 Å². The highest BCUT2D eigenvalue weighted by atomic mass is 32.1. The van der Waals surface area contributed by atoms with E-state index in [1.807, 2.05) is 11.4 Å². The first-order valence-electron chi connectivity index (χ1n) is 10.2. The summed E-state index contributed by atoms with van der Waals surface area (Å²) in [5, 5.41) is 34.0. The molecule has 3 aromatic rings. The van der Waals surface area contributed by atoms with Crippen LogP contribution >= 0.6 is 11.3 Å². The number of rotatable bonds is 4. The Balaban J connectivity index is 1.72. The number of aromatic nitrogens is 4. The lowest BCUT2D eigenvalue weighted by Crippen LogP contribution is -2.53. The summed E-state index contributed by atoms with van der Waals surface area (Å²) in [7, 11) is 0. The molecule has 0 spiro atoms. The van der Waals surface area contributed by atoms with Gasteiger partial charge in [-0.1, -0.05) is 18.9 Å². The molecular weight excluding hydrogens is 406 g/mol. The van der Waals surface area contributed by atoms with Crippen LogP contribution in [0.3, 0.4) is 0 Å². The van der Waals surface area contributed by atoms with Crippen molar-refractivity contribution in [1.29, 1.82) is 0 Å². The molecule has 1 aliphatic heterocycles. The number of nitrogen functional groups attached to an aromatic ring is 1. The third-order valence-electron chi connectivity index (χ3n) is 6.59. The van der Waals surface area contributed by atoms with Crippen LogP contribution in [0.2, 0.25) is 0 Å². The van der Waals surface area contributed by atoms with E-state index in [4.69, 9.17) is 10.5 Å². The molecule has 3 aromatic heterocycles. The van der Waals surface area contributed by atoms with Gasteiger partial charge in [0.1, 0.15) is 30.2 Å². The van der Waals surface area contributed by atoms with Crippen LogP contribution in [0.25, 0.3) is 11.2 Å². The number of imidazole rings is 1. The van der Waals surface area contributed by atoms with Gasteiger partial charge in [0.05, 0.1) is 12.9 Å². The molecule has 0 aromatic carbocycles. The lowest BCUT2D eigenvalue weighted by atomic mass is 9.70. The van der Waals surface area contributed by atoms with Crippen molar-refractivity contribution in [3.05, 3.63) is 35.0 Å². The molecule has 0 bridgehead atoms. The third-order valence-corrected chi connectivity index (χ3v) is 7.60. The predicted octanol–water partition coefficient (Wildman–Crippen LogP) is 1.21. The Labute approximate surface area is 177 Å². The van der Waals surface area contributed by atoms with E-state index in [0.29, 0.717) is 11.2 Å². The van der Waals surface area contributed by atoms with E-state index in [9.17, 15) is 15.3 Å². The largest absolute Gasteiger partial charge is 0.394 e. The number of thiophene rings is 1. The van der Waals surface area contributed by atoms with E-state index in [2.05, 4.69) is 21.0 Å². The van der Waals surface area contributed by atoms with Crippen LogP contribution in [-0.2, 0) is 10.5 Å². The first-order valence-corrected chi connectivity index (χ1v) is 11.1. The van der Waals surface area contributed by atoms with Gasteiger partial charge >= 0.3 is 0 Å². The smallest absolute Gasteiger partial charge is 0.180 e. The van der Waals surface area contributed by atoms with Gasteiger partial charge in [-0.25, -0.2) is 15.0 Å². The van der Waals surface area contributed by atoms with Crippen molar-refractivity contribution in [3.63, 3.8) is 0 Å². The van der Waals surface area contributed by atoms with Gasteiger partial charge in [-0.05, 0) is 24.3 Å². The monoisotopic (exact) mass is 431 g/mol. The second kappa shape index (κ2) is 7.54. The van der Waals surface area contributed by atoms with E-state index in [-0.39, 0.29) is 17.7 Å². The van der Waals surface area contributed by atoms with Gasteiger partial charge in [-0.15, -0.1) is 11.3 Å². The van der Waals surface area contributed by atoms with Gasteiger partial charge in [-0.3, -0.25) is 4.57 Å². The van der Waals surface area contributed by atoms with Crippen LogP contribution in [0.4, 0.5) is 5.82 Å². The fourth-order valence-electron chi connectivity index (χ4n) is 5.24. The van der Waals surface area contributed by atoms with Gasteiger partial charge in [-0.2, -0.15) is 0 Å². The maximum absolute atomic E-state index is 11.4. The fraction of sp³-hybridized carbons (Fsp3) is 0.550. The third kappa shape index (κ3) is 2.78. The quantitative estimate of drug-likeness (QED) is 0.483. The topological polar surface area (TPSA) is 140 Å². The zero-order valence-corrected chi connectivity index (χ0v) is 17.1. The van der Waals surface area contributed by atoms with Crippen molar-refractivity contribution >= 4 is 28.3 Å². The minimum absolute atomic E-state index is 0.134. The van der Waals surface area contributed by atoms with E-state index in [1.165, 1.54) is 11.2 Å². The first kappa shape index (κ1) is 19.8. The number of nitrogens with zero attached hydrogens (tertiary/aromatic N) is 4. The molecule has 0 radical (unpaired) electrons. The molecule has 5 N–H and O–H groups in total. The fourth-order valence-corrected chi connectivity index (χ4v) is 6.17. The van der Waals surface area contributed by atoms with E-state index in [1.54, 1.807) is 22.2 Å². The molecule has 5 rings (SSSR count). The number of nitrogens with two attached hydrogens (primary N) is 1. The summed E-state index contributed by atoms with van der Waals surface area (Å²) in [6.45, 7) is -0.403. The zero-order valence-electron chi connectivity index (χ0n) is 16.3. The second-order valence-corrected chi connectivity index (χ2v) is 9.06. The van der Waals surface area contributed by atoms with Crippen LogP contribution < -0.4 is 5.73 Å². The molecule has 2 fully saturated rings. The Morgan fingerprint density at radius 3 is 2.80 bits per heavy atom. The summed E-state index contributed by atoms with van der Waals surface area (Å²) in [4.78, 5) is 14.0. The lowest BCUT2D eigenvalue weighted by molar-refractivity contribution is -0.192. The number of ether oxygens (including phenoxy) is 1.